The number of methoxy groups -OCH3 is 1. The minimum atomic E-state index is -0.285. The Morgan fingerprint density at radius 2 is 1.56 bits per heavy atom. The first-order valence-electron chi connectivity index (χ1n) is 8.56. The molecule has 3 nitrogen and oxygen atoms in total. The van der Waals surface area contributed by atoms with Crippen molar-refractivity contribution in [2.45, 2.75) is 12.0 Å². The molecule has 3 aromatic carbocycles. The molecule has 4 rings (SSSR count). The van der Waals surface area contributed by atoms with Crippen LogP contribution in [0.2, 0.25) is 10.0 Å². The summed E-state index contributed by atoms with van der Waals surface area (Å²) >= 11 is 12.2. The van der Waals surface area contributed by atoms with Crippen molar-refractivity contribution >= 4 is 34.8 Å². The molecule has 1 fully saturated rings. The molecular formula is C22H17Cl2NO2. The third-order valence-corrected chi connectivity index (χ3v) is 5.35. The summed E-state index contributed by atoms with van der Waals surface area (Å²) in [6, 6.07) is 22.5. The third kappa shape index (κ3) is 3.29. The molecule has 0 saturated carbocycles. The normalized spacial score (nSPS) is 18.9. The fourth-order valence-corrected chi connectivity index (χ4v) is 3.87. The van der Waals surface area contributed by atoms with E-state index in [1.807, 2.05) is 77.7 Å². The second-order valence-electron chi connectivity index (χ2n) is 6.44. The van der Waals surface area contributed by atoms with Crippen LogP contribution in [0.1, 0.15) is 23.1 Å². The molecule has 1 aliphatic heterocycles. The topological polar surface area (TPSA) is 29.5 Å². The molecule has 1 heterocycles. The number of benzene rings is 3. The van der Waals surface area contributed by atoms with Gasteiger partial charge in [0.1, 0.15) is 5.75 Å². The highest BCUT2D eigenvalue weighted by Gasteiger charge is 2.49. The predicted molar refractivity (Wildman–Crippen MR) is 109 cm³/mol. The van der Waals surface area contributed by atoms with Gasteiger partial charge in [0.2, 0.25) is 5.91 Å². The van der Waals surface area contributed by atoms with Gasteiger partial charge in [-0.3, -0.25) is 4.79 Å². The van der Waals surface area contributed by atoms with Crippen LogP contribution in [0.15, 0.2) is 72.8 Å². The van der Waals surface area contributed by atoms with Crippen LogP contribution in [-0.4, -0.2) is 13.0 Å². The van der Waals surface area contributed by atoms with Crippen LogP contribution in [-0.2, 0) is 4.79 Å². The summed E-state index contributed by atoms with van der Waals surface area (Å²) in [7, 11) is 1.62. The first-order chi connectivity index (χ1) is 13.1. The SMILES string of the molecule is COc1ccc(N2C(=O)[C@H](c3cccc(Cl)c3)[C@H]2c2ccc(Cl)cc2)cc1. The Kier molecular flexibility index (Phi) is 4.81. The zero-order valence-corrected chi connectivity index (χ0v) is 16.1. The largest absolute Gasteiger partial charge is 0.497 e. The van der Waals surface area contributed by atoms with E-state index in [0.717, 1.165) is 22.6 Å². The number of halogens is 2. The number of carbonyl (C=O) groups is 1. The van der Waals surface area contributed by atoms with Gasteiger partial charge in [-0.05, 0) is 59.7 Å². The molecule has 5 heteroatoms. The van der Waals surface area contributed by atoms with E-state index in [-0.39, 0.29) is 17.9 Å². The molecule has 0 N–H and O–H groups in total. The van der Waals surface area contributed by atoms with Crippen LogP contribution >= 0.6 is 23.2 Å². The maximum absolute atomic E-state index is 13.1. The zero-order valence-electron chi connectivity index (χ0n) is 14.6. The highest BCUT2D eigenvalue weighted by Crippen LogP contribution is 2.49. The summed E-state index contributed by atoms with van der Waals surface area (Å²) in [5.41, 5.74) is 2.77. The van der Waals surface area contributed by atoms with Gasteiger partial charge >= 0.3 is 0 Å². The van der Waals surface area contributed by atoms with Crippen molar-refractivity contribution in [3.63, 3.8) is 0 Å². The Balaban J connectivity index is 1.76. The molecule has 0 bridgehead atoms. The van der Waals surface area contributed by atoms with Gasteiger partial charge in [-0.25, -0.2) is 0 Å². The number of amides is 1. The van der Waals surface area contributed by atoms with Gasteiger partial charge in [0.25, 0.3) is 0 Å². The molecule has 1 saturated heterocycles. The average molecular weight is 398 g/mol. The molecule has 0 radical (unpaired) electrons. The molecule has 27 heavy (non-hydrogen) atoms. The van der Waals surface area contributed by atoms with E-state index in [0.29, 0.717) is 10.0 Å². The summed E-state index contributed by atoms with van der Waals surface area (Å²) in [6.45, 7) is 0. The lowest BCUT2D eigenvalue weighted by Gasteiger charge is -2.47. The second-order valence-corrected chi connectivity index (χ2v) is 7.31. The van der Waals surface area contributed by atoms with Crippen molar-refractivity contribution < 1.29 is 9.53 Å². The van der Waals surface area contributed by atoms with Gasteiger partial charge in [0.05, 0.1) is 19.1 Å². The Hall–Kier alpha value is -2.49. The van der Waals surface area contributed by atoms with E-state index in [9.17, 15) is 4.79 Å². The molecule has 3 aromatic rings. The summed E-state index contributed by atoms with van der Waals surface area (Å²) in [4.78, 5) is 14.9. The fourth-order valence-electron chi connectivity index (χ4n) is 3.55. The van der Waals surface area contributed by atoms with Crippen LogP contribution in [0.3, 0.4) is 0 Å². The van der Waals surface area contributed by atoms with Crippen LogP contribution in [0.5, 0.6) is 5.75 Å². The summed E-state index contributed by atoms with van der Waals surface area (Å²) in [5.74, 6) is 0.510. The van der Waals surface area contributed by atoms with E-state index in [2.05, 4.69) is 0 Å². The van der Waals surface area contributed by atoms with Gasteiger partial charge in [-0.1, -0.05) is 47.5 Å². The number of anilines is 1. The molecule has 0 spiro atoms. The number of carbonyl (C=O) groups excluding carboxylic acids is 1. The lowest BCUT2D eigenvalue weighted by molar-refractivity contribution is -0.126. The van der Waals surface area contributed by atoms with Gasteiger partial charge < -0.3 is 9.64 Å². The maximum Gasteiger partial charge on any atom is 0.237 e. The summed E-state index contributed by atoms with van der Waals surface area (Å²) in [5, 5.41) is 1.29. The molecule has 136 valence electrons. The first-order valence-corrected chi connectivity index (χ1v) is 9.32. The number of β-lactam (4-membered cyclic amide) rings is 1. The van der Waals surface area contributed by atoms with Gasteiger partial charge in [0.15, 0.2) is 0 Å². The van der Waals surface area contributed by atoms with E-state index < -0.39 is 0 Å². The van der Waals surface area contributed by atoms with E-state index in [4.69, 9.17) is 27.9 Å². The minimum absolute atomic E-state index is 0.0439. The lowest BCUT2D eigenvalue weighted by atomic mass is 9.77. The zero-order chi connectivity index (χ0) is 19.0. The van der Waals surface area contributed by atoms with Crippen molar-refractivity contribution in [2.24, 2.45) is 0 Å². The van der Waals surface area contributed by atoms with Crippen LogP contribution in [0.4, 0.5) is 5.69 Å². The molecule has 2 atom stereocenters. The van der Waals surface area contributed by atoms with Gasteiger partial charge in [0, 0.05) is 15.7 Å². The second kappa shape index (κ2) is 7.26. The van der Waals surface area contributed by atoms with Crippen LogP contribution < -0.4 is 9.64 Å². The quantitative estimate of drug-likeness (QED) is 0.514. The number of nitrogens with zero attached hydrogens (tertiary/aromatic N) is 1. The van der Waals surface area contributed by atoms with E-state index >= 15 is 0 Å². The Morgan fingerprint density at radius 3 is 2.19 bits per heavy atom. The number of hydrogen-bond donors (Lipinski definition) is 0. The molecule has 1 amide bonds. The summed E-state index contributed by atoms with van der Waals surface area (Å²) < 4.78 is 5.22. The number of hydrogen-bond acceptors (Lipinski definition) is 2. The smallest absolute Gasteiger partial charge is 0.237 e. The maximum atomic E-state index is 13.1. The number of rotatable bonds is 4. The van der Waals surface area contributed by atoms with E-state index in [1.54, 1.807) is 7.11 Å². The number of ether oxygens (including phenoxy) is 1. The van der Waals surface area contributed by atoms with Crippen LogP contribution in [0, 0.1) is 0 Å². The minimum Gasteiger partial charge on any atom is -0.497 e. The van der Waals surface area contributed by atoms with Gasteiger partial charge in [-0.15, -0.1) is 0 Å². The standard InChI is InChI=1S/C22H17Cl2NO2/c1-27-19-11-9-18(10-12-19)25-21(14-5-7-16(23)8-6-14)20(22(25)26)15-3-2-4-17(24)13-15/h2-13,20-21H,1H3/t20-,21-/m1/s1. The third-order valence-electron chi connectivity index (χ3n) is 4.87. The molecular weight excluding hydrogens is 381 g/mol. The lowest BCUT2D eigenvalue weighted by Crippen LogP contribution is -2.53. The predicted octanol–water partition coefficient (Wildman–Crippen LogP) is 5.87. The highest BCUT2D eigenvalue weighted by molar-refractivity contribution is 6.31. The molecule has 0 aliphatic carbocycles. The average Bonchev–Trinajstić information content (AvgIpc) is 2.68. The highest BCUT2D eigenvalue weighted by atomic mass is 35.5. The van der Waals surface area contributed by atoms with Crippen molar-refractivity contribution in [3.05, 3.63) is 94.0 Å². The van der Waals surface area contributed by atoms with Gasteiger partial charge in [-0.2, -0.15) is 0 Å². The van der Waals surface area contributed by atoms with Crippen molar-refractivity contribution in [1.29, 1.82) is 0 Å². The van der Waals surface area contributed by atoms with Crippen molar-refractivity contribution in [1.82, 2.24) is 0 Å². The monoisotopic (exact) mass is 397 g/mol. The Bertz CT molecular complexity index is 970. The fraction of sp³-hybridized carbons (Fsp3) is 0.136. The van der Waals surface area contributed by atoms with E-state index in [1.165, 1.54) is 0 Å². The van der Waals surface area contributed by atoms with Crippen molar-refractivity contribution in [2.75, 3.05) is 12.0 Å². The Labute approximate surface area is 168 Å². The first kappa shape index (κ1) is 17.9. The van der Waals surface area contributed by atoms with Crippen molar-refractivity contribution in [3.8, 4) is 5.75 Å². The molecule has 0 aromatic heterocycles. The molecule has 1 aliphatic rings. The van der Waals surface area contributed by atoms with Crippen LogP contribution in [0.25, 0.3) is 0 Å². The Morgan fingerprint density at radius 1 is 0.852 bits per heavy atom. The molecule has 0 unspecified atom stereocenters. The summed E-state index contributed by atoms with van der Waals surface area (Å²) in [6.07, 6.45) is 0.